The van der Waals surface area contributed by atoms with Crippen molar-refractivity contribution in [1.29, 1.82) is 0 Å². The van der Waals surface area contributed by atoms with Crippen molar-refractivity contribution >= 4 is 40.0 Å². The molecule has 0 radical (unpaired) electrons. The Morgan fingerprint density at radius 3 is 2.62 bits per heavy atom. The summed E-state index contributed by atoms with van der Waals surface area (Å²) in [4.78, 5) is 12.6. The van der Waals surface area contributed by atoms with Gasteiger partial charge in [-0.05, 0) is 45.7 Å². The fourth-order valence-corrected chi connectivity index (χ4v) is 4.35. The molecule has 178 valence electrons. The summed E-state index contributed by atoms with van der Waals surface area (Å²) in [6.45, 7) is 4.36. The molecule has 2 N–H and O–H groups in total. The first-order valence-corrected chi connectivity index (χ1v) is 11.4. The van der Waals surface area contributed by atoms with E-state index in [0.29, 0.717) is 42.2 Å². The SMILES string of the molecule is [2H]C([2H])([2H])n1nc(C(C)(C)n2nccn2)cc1Nc1ncc2cc(Cl)c(N3CCC(C)(O)CC3)cc2n1. The highest BCUT2D eigenvalue weighted by Gasteiger charge is 2.30. The van der Waals surface area contributed by atoms with Crippen molar-refractivity contribution in [2.24, 2.45) is 6.98 Å². The molecule has 0 spiro atoms. The van der Waals surface area contributed by atoms with E-state index in [4.69, 9.17) is 15.7 Å². The Bertz CT molecular complexity index is 1420. The molecular weight excluding hydrogens is 454 g/mol. The Hall–Kier alpha value is -3.24. The van der Waals surface area contributed by atoms with Gasteiger partial charge in [-0.3, -0.25) is 4.68 Å². The molecule has 1 fully saturated rings. The number of fused-ring (bicyclic) bond motifs is 1. The van der Waals surface area contributed by atoms with E-state index < -0.39 is 18.1 Å². The van der Waals surface area contributed by atoms with E-state index in [0.717, 1.165) is 15.8 Å². The van der Waals surface area contributed by atoms with Crippen molar-refractivity contribution in [3.05, 3.63) is 47.5 Å². The highest BCUT2D eigenvalue weighted by atomic mass is 35.5. The minimum absolute atomic E-state index is 0.210. The third-order valence-electron chi connectivity index (χ3n) is 6.32. The van der Waals surface area contributed by atoms with E-state index in [9.17, 15) is 5.11 Å². The maximum Gasteiger partial charge on any atom is 0.228 e. The lowest BCUT2D eigenvalue weighted by molar-refractivity contribution is 0.0351. The zero-order chi connectivity index (χ0) is 26.6. The number of anilines is 3. The Morgan fingerprint density at radius 1 is 1.18 bits per heavy atom. The van der Waals surface area contributed by atoms with Gasteiger partial charge in [0.15, 0.2) is 0 Å². The van der Waals surface area contributed by atoms with Crippen LogP contribution >= 0.6 is 11.6 Å². The molecule has 0 unspecified atom stereocenters. The summed E-state index contributed by atoms with van der Waals surface area (Å²) in [5.41, 5.74) is 0.461. The first-order valence-electron chi connectivity index (χ1n) is 12.5. The predicted molar refractivity (Wildman–Crippen MR) is 132 cm³/mol. The summed E-state index contributed by atoms with van der Waals surface area (Å²) < 4.78 is 24.9. The fourth-order valence-electron chi connectivity index (χ4n) is 4.06. The normalized spacial score (nSPS) is 17.9. The Balaban J connectivity index is 1.48. The van der Waals surface area contributed by atoms with Gasteiger partial charge in [-0.15, -0.1) is 0 Å². The van der Waals surface area contributed by atoms with Crippen molar-refractivity contribution < 1.29 is 9.22 Å². The topological polar surface area (TPSA) is 110 Å². The van der Waals surface area contributed by atoms with E-state index in [1.54, 1.807) is 24.7 Å². The molecule has 1 aliphatic heterocycles. The van der Waals surface area contributed by atoms with E-state index >= 15 is 0 Å². The third-order valence-corrected chi connectivity index (χ3v) is 6.63. The largest absolute Gasteiger partial charge is 0.390 e. The molecule has 34 heavy (non-hydrogen) atoms. The molecule has 11 heteroatoms. The van der Waals surface area contributed by atoms with E-state index in [1.165, 1.54) is 4.80 Å². The Labute approximate surface area is 206 Å². The monoisotopic (exact) mass is 484 g/mol. The number of rotatable bonds is 5. The summed E-state index contributed by atoms with van der Waals surface area (Å²) in [5, 5.41) is 27.4. The van der Waals surface area contributed by atoms with Crippen LogP contribution in [0.15, 0.2) is 36.8 Å². The zero-order valence-electron chi connectivity index (χ0n) is 22.2. The van der Waals surface area contributed by atoms with Crippen molar-refractivity contribution in [3.8, 4) is 0 Å². The van der Waals surface area contributed by atoms with Gasteiger partial charge >= 0.3 is 0 Å². The molecule has 5 rings (SSSR count). The van der Waals surface area contributed by atoms with Gasteiger partial charge in [-0.2, -0.15) is 20.1 Å². The number of nitrogens with one attached hydrogen (secondary N) is 1. The molecule has 4 aromatic rings. The lowest BCUT2D eigenvalue weighted by atomic mass is 9.93. The molecule has 0 amide bonds. The van der Waals surface area contributed by atoms with Crippen LogP contribution in [0, 0.1) is 0 Å². The van der Waals surface area contributed by atoms with Crippen molar-refractivity contribution in [1.82, 2.24) is 34.7 Å². The number of halogens is 1. The van der Waals surface area contributed by atoms with Crippen LogP contribution in [0.25, 0.3) is 10.9 Å². The smallest absolute Gasteiger partial charge is 0.228 e. The first-order chi connectivity index (χ1) is 17.3. The van der Waals surface area contributed by atoms with Crippen LogP contribution in [0.2, 0.25) is 5.02 Å². The number of aliphatic hydroxyl groups is 1. The van der Waals surface area contributed by atoms with Gasteiger partial charge in [0.05, 0.1) is 39.9 Å². The van der Waals surface area contributed by atoms with Gasteiger partial charge in [0.25, 0.3) is 0 Å². The number of hydrogen-bond acceptors (Lipinski definition) is 8. The van der Waals surface area contributed by atoms with Crippen LogP contribution in [-0.2, 0) is 12.5 Å². The minimum atomic E-state index is -2.54. The lowest BCUT2D eigenvalue weighted by Gasteiger charge is -2.37. The number of aromatic nitrogens is 7. The van der Waals surface area contributed by atoms with Gasteiger partial charge in [0, 0.05) is 41.8 Å². The second-order valence-corrected chi connectivity index (χ2v) is 9.78. The van der Waals surface area contributed by atoms with Gasteiger partial charge < -0.3 is 15.3 Å². The maximum absolute atomic E-state index is 10.3. The average Bonchev–Trinajstić information content (AvgIpc) is 3.50. The van der Waals surface area contributed by atoms with E-state index in [-0.39, 0.29) is 11.8 Å². The second kappa shape index (κ2) is 8.21. The molecule has 0 saturated carbocycles. The summed E-state index contributed by atoms with van der Waals surface area (Å²) >= 11 is 6.57. The molecule has 1 aromatic carbocycles. The fraction of sp³-hybridized carbons (Fsp3) is 0.435. The highest BCUT2D eigenvalue weighted by molar-refractivity contribution is 6.34. The molecule has 3 aromatic heterocycles. The molecular formula is C23H28ClN9O. The molecule has 0 aliphatic carbocycles. The number of hydrogen-bond donors (Lipinski definition) is 2. The highest BCUT2D eigenvalue weighted by Crippen LogP contribution is 2.34. The van der Waals surface area contributed by atoms with E-state index in [2.05, 4.69) is 35.5 Å². The number of nitrogens with zero attached hydrogens (tertiary/aromatic N) is 8. The van der Waals surface area contributed by atoms with Gasteiger partial charge in [0.2, 0.25) is 5.95 Å². The average molecular weight is 485 g/mol. The van der Waals surface area contributed by atoms with E-state index in [1.807, 2.05) is 32.9 Å². The Morgan fingerprint density at radius 2 is 1.91 bits per heavy atom. The molecule has 1 aliphatic rings. The van der Waals surface area contributed by atoms with Gasteiger partial charge in [0.1, 0.15) is 11.4 Å². The summed E-state index contributed by atoms with van der Waals surface area (Å²) in [7, 11) is 0. The summed E-state index contributed by atoms with van der Waals surface area (Å²) in [5.74, 6) is 0.427. The van der Waals surface area contributed by atoms with Crippen LogP contribution in [0.4, 0.5) is 17.5 Å². The quantitative estimate of drug-likeness (QED) is 0.443. The number of piperidine rings is 1. The molecule has 0 atom stereocenters. The van der Waals surface area contributed by atoms with Crippen LogP contribution < -0.4 is 10.2 Å². The Kier molecular flexibility index (Phi) is 4.61. The van der Waals surface area contributed by atoms with Gasteiger partial charge in [-0.1, -0.05) is 11.6 Å². The van der Waals surface area contributed by atoms with Gasteiger partial charge in [-0.25, -0.2) is 9.97 Å². The molecule has 1 saturated heterocycles. The molecule has 4 heterocycles. The lowest BCUT2D eigenvalue weighted by Crippen LogP contribution is -2.42. The molecule has 0 bridgehead atoms. The summed E-state index contributed by atoms with van der Waals surface area (Å²) in [6, 6.07) is 5.34. The maximum atomic E-state index is 10.3. The minimum Gasteiger partial charge on any atom is -0.390 e. The van der Waals surface area contributed by atoms with Crippen molar-refractivity contribution in [3.63, 3.8) is 0 Å². The summed E-state index contributed by atoms with van der Waals surface area (Å²) in [6.07, 6.45) is 6.03. The first kappa shape index (κ1) is 19.1. The van der Waals surface area contributed by atoms with Crippen LogP contribution in [-0.4, -0.2) is 58.5 Å². The van der Waals surface area contributed by atoms with Crippen molar-refractivity contribution in [2.45, 2.75) is 44.8 Å². The zero-order valence-corrected chi connectivity index (χ0v) is 20.0. The number of benzene rings is 1. The van der Waals surface area contributed by atoms with Crippen LogP contribution in [0.3, 0.4) is 0 Å². The second-order valence-electron chi connectivity index (χ2n) is 9.37. The molecule has 10 nitrogen and oxygen atoms in total. The van der Waals surface area contributed by atoms with Crippen molar-refractivity contribution in [2.75, 3.05) is 23.3 Å². The predicted octanol–water partition coefficient (Wildman–Crippen LogP) is 3.49. The van der Waals surface area contributed by atoms with Crippen LogP contribution in [0.5, 0.6) is 0 Å². The number of aryl methyl sites for hydroxylation is 1. The standard InChI is InChI=1S/C23H28ClN9O/c1-22(2,33-26-7-8-27-33)19-13-20(31(4)30-19)29-21-25-14-15-11-16(24)18(12-17(15)28-21)32-9-5-23(3,34)6-10-32/h7-8,11-14,34H,5-6,9-10H2,1-4H3,(H,25,28,29)/i4D3. The van der Waals surface area contributed by atoms with Crippen LogP contribution in [0.1, 0.15) is 43.4 Å². The third kappa shape index (κ3) is 4.19.